The Kier molecular flexibility index (Phi) is 3.37. The van der Waals surface area contributed by atoms with Crippen LogP contribution in [-0.4, -0.2) is 26.9 Å². The molecule has 0 bridgehead atoms. The summed E-state index contributed by atoms with van der Waals surface area (Å²) in [5.74, 6) is 1.70. The van der Waals surface area contributed by atoms with E-state index in [4.69, 9.17) is 14.2 Å². The standard InChI is InChI=1S/C15H21NO3/c1-15(6-3-7-16-15)12-4-5-13-14(11(12)10-17-2)19-9-8-18-13/h4-5,16H,3,6-10H2,1-2H3. The van der Waals surface area contributed by atoms with E-state index >= 15 is 0 Å². The summed E-state index contributed by atoms with van der Waals surface area (Å²) in [4.78, 5) is 0. The van der Waals surface area contributed by atoms with Crippen LogP contribution in [0, 0.1) is 0 Å². The third kappa shape index (κ3) is 2.19. The lowest BCUT2D eigenvalue weighted by molar-refractivity contribution is 0.151. The molecule has 1 atom stereocenters. The van der Waals surface area contributed by atoms with Crippen molar-refractivity contribution in [1.82, 2.24) is 5.32 Å². The molecule has 0 radical (unpaired) electrons. The highest BCUT2D eigenvalue weighted by Gasteiger charge is 2.34. The van der Waals surface area contributed by atoms with Crippen molar-refractivity contribution in [2.75, 3.05) is 26.9 Å². The molecule has 19 heavy (non-hydrogen) atoms. The zero-order chi connectivity index (χ0) is 13.3. The second kappa shape index (κ2) is 5.02. The third-order valence-electron chi connectivity index (χ3n) is 4.06. The Bertz CT molecular complexity index is 467. The highest BCUT2D eigenvalue weighted by molar-refractivity contribution is 5.53. The van der Waals surface area contributed by atoms with Gasteiger partial charge in [-0.3, -0.25) is 0 Å². The smallest absolute Gasteiger partial charge is 0.167 e. The van der Waals surface area contributed by atoms with Gasteiger partial charge in [0.2, 0.25) is 0 Å². The number of ether oxygens (including phenoxy) is 3. The van der Waals surface area contributed by atoms with Gasteiger partial charge in [0.05, 0.1) is 6.61 Å². The summed E-state index contributed by atoms with van der Waals surface area (Å²) in [6.07, 6.45) is 2.35. The van der Waals surface area contributed by atoms with Crippen molar-refractivity contribution in [3.63, 3.8) is 0 Å². The van der Waals surface area contributed by atoms with E-state index in [1.165, 1.54) is 12.0 Å². The first-order chi connectivity index (χ1) is 9.24. The van der Waals surface area contributed by atoms with Gasteiger partial charge in [-0.2, -0.15) is 0 Å². The average molecular weight is 263 g/mol. The maximum atomic E-state index is 5.82. The van der Waals surface area contributed by atoms with Gasteiger partial charge in [-0.25, -0.2) is 0 Å². The van der Waals surface area contributed by atoms with Gasteiger partial charge in [-0.05, 0) is 37.9 Å². The molecule has 0 aromatic heterocycles. The Balaban J connectivity index is 2.08. The normalized spacial score (nSPS) is 25.6. The fourth-order valence-electron chi connectivity index (χ4n) is 3.10. The van der Waals surface area contributed by atoms with Gasteiger partial charge in [0.1, 0.15) is 13.2 Å². The summed E-state index contributed by atoms with van der Waals surface area (Å²) in [6.45, 7) is 5.10. The fraction of sp³-hybridized carbons (Fsp3) is 0.600. The summed E-state index contributed by atoms with van der Waals surface area (Å²) in [7, 11) is 1.72. The van der Waals surface area contributed by atoms with E-state index in [-0.39, 0.29) is 5.54 Å². The van der Waals surface area contributed by atoms with Gasteiger partial charge >= 0.3 is 0 Å². The largest absolute Gasteiger partial charge is 0.486 e. The number of methoxy groups -OCH3 is 1. The number of fused-ring (bicyclic) bond motifs is 1. The molecule has 1 saturated heterocycles. The molecule has 2 aliphatic heterocycles. The molecular weight excluding hydrogens is 242 g/mol. The predicted molar refractivity (Wildman–Crippen MR) is 72.7 cm³/mol. The minimum Gasteiger partial charge on any atom is -0.486 e. The second-order valence-electron chi connectivity index (χ2n) is 5.41. The van der Waals surface area contributed by atoms with Crippen LogP contribution in [0.25, 0.3) is 0 Å². The average Bonchev–Trinajstić information content (AvgIpc) is 2.87. The highest BCUT2D eigenvalue weighted by Crippen LogP contribution is 2.42. The van der Waals surface area contributed by atoms with Gasteiger partial charge in [-0.15, -0.1) is 0 Å². The molecule has 4 heteroatoms. The Morgan fingerprint density at radius 2 is 2.16 bits per heavy atom. The van der Waals surface area contributed by atoms with Crippen LogP contribution in [0.1, 0.15) is 30.9 Å². The summed E-state index contributed by atoms with van der Waals surface area (Å²) >= 11 is 0. The van der Waals surface area contributed by atoms with E-state index in [9.17, 15) is 0 Å². The van der Waals surface area contributed by atoms with Crippen LogP contribution in [0.3, 0.4) is 0 Å². The fourth-order valence-corrected chi connectivity index (χ4v) is 3.10. The molecule has 1 aromatic rings. The van der Waals surface area contributed by atoms with E-state index in [1.807, 2.05) is 6.07 Å². The first-order valence-electron chi connectivity index (χ1n) is 6.90. The monoisotopic (exact) mass is 263 g/mol. The Morgan fingerprint density at radius 1 is 1.32 bits per heavy atom. The van der Waals surface area contributed by atoms with Crippen molar-refractivity contribution in [2.45, 2.75) is 31.9 Å². The number of benzene rings is 1. The molecule has 4 nitrogen and oxygen atoms in total. The number of hydrogen-bond donors (Lipinski definition) is 1. The molecule has 1 fully saturated rings. The van der Waals surface area contributed by atoms with Gasteiger partial charge in [0.15, 0.2) is 11.5 Å². The summed E-state index contributed by atoms with van der Waals surface area (Å²) in [6, 6.07) is 4.18. The topological polar surface area (TPSA) is 39.7 Å². The minimum atomic E-state index is 0.0176. The zero-order valence-electron chi connectivity index (χ0n) is 11.6. The van der Waals surface area contributed by atoms with E-state index in [2.05, 4.69) is 18.3 Å². The zero-order valence-corrected chi connectivity index (χ0v) is 11.6. The summed E-state index contributed by atoms with van der Waals surface area (Å²) in [5.41, 5.74) is 2.41. The predicted octanol–water partition coefficient (Wildman–Crippen LogP) is 2.20. The molecule has 0 aliphatic carbocycles. The second-order valence-corrected chi connectivity index (χ2v) is 5.41. The molecule has 1 unspecified atom stereocenters. The van der Waals surface area contributed by atoms with Crippen molar-refractivity contribution in [2.24, 2.45) is 0 Å². The van der Waals surface area contributed by atoms with Crippen LogP contribution < -0.4 is 14.8 Å². The molecule has 104 valence electrons. The lowest BCUT2D eigenvalue weighted by atomic mass is 9.86. The number of nitrogens with one attached hydrogen (secondary N) is 1. The Morgan fingerprint density at radius 3 is 2.89 bits per heavy atom. The van der Waals surface area contributed by atoms with Crippen LogP contribution in [0.5, 0.6) is 11.5 Å². The lowest BCUT2D eigenvalue weighted by Gasteiger charge is -2.31. The molecular formula is C15H21NO3. The van der Waals surface area contributed by atoms with Gasteiger partial charge in [0, 0.05) is 18.2 Å². The number of rotatable bonds is 3. The molecule has 1 N–H and O–H groups in total. The third-order valence-corrected chi connectivity index (χ3v) is 4.06. The molecule has 1 aromatic carbocycles. The number of hydrogen-bond acceptors (Lipinski definition) is 4. The van der Waals surface area contributed by atoms with Gasteiger partial charge in [0.25, 0.3) is 0 Å². The van der Waals surface area contributed by atoms with Gasteiger partial charge in [-0.1, -0.05) is 6.07 Å². The minimum absolute atomic E-state index is 0.0176. The van der Waals surface area contributed by atoms with Crippen LogP contribution in [0.15, 0.2) is 12.1 Å². The van der Waals surface area contributed by atoms with Crippen molar-refractivity contribution < 1.29 is 14.2 Å². The quantitative estimate of drug-likeness (QED) is 0.907. The first kappa shape index (κ1) is 12.8. The SMILES string of the molecule is COCc1c(C2(C)CCCN2)ccc2c1OCCO2. The molecule has 3 rings (SSSR count). The van der Waals surface area contributed by atoms with Crippen molar-refractivity contribution in [3.05, 3.63) is 23.3 Å². The van der Waals surface area contributed by atoms with Crippen molar-refractivity contribution >= 4 is 0 Å². The molecule has 2 heterocycles. The van der Waals surface area contributed by atoms with Crippen LogP contribution in [-0.2, 0) is 16.9 Å². The van der Waals surface area contributed by atoms with Crippen LogP contribution >= 0.6 is 0 Å². The summed E-state index contributed by atoms with van der Waals surface area (Å²) in [5, 5.41) is 3.60. The Hall–Kier alpha value is -1.26. The van der Waals surface area contributed by atoms with E-state index in [0.29, 0.717) is 19.8 Å². The first-order valence-corrected chi connectivity index (χ1v) is 6.90. The van der Waals surface area contributed by atoms with Crippen molar-refractivity contribution in [1.29, 1.82) is 0 Å². The van der Waals surface area contributed by atoms with E-state index in [1.54, 1.807) is 7.11 Å². The van der Waals surface area contributed by atoms with Crippen LogP contribution in [0.4, 0.5) is 0 Å². The highest BCUT2D eigenvalue weighted by atomic mass is 16.6. The summed E-state index contributed by atoms with van der Waals surface area (Å²) < 4.78 is 16.9. The maximum Gasteiger partial charge on any atom is 0.167 e. The molecule has 0 saturated carbocycles. The lowest BCUT2D eigenvalue weighted by Crippen LogP contribution is -2.34. The van der Waals surface area contributed by atoms with E-state index in [0.717, 1.165) is 30.0 Å². The van der Waals surface area contributed by atoms with Crippen LogP contribution in [0.2, 0.25) is 0 Å². The maximum absolute atomic E-state index is 5.82. The molecule has 2 aliphatic rings. The van der Waals surface area contributed by atoms with Crippen molar-refractivity contribution in [3.8, 4) is 11.5 Å². The van der Waals surface area contributed by atoms with E-state index < -0.39 is 0 Å². The van der Waals surface area contributed by atoms with Gasteiger partial charge < -0.3 is 19.5 Å². The molecule has 0 spiro atoms. The Labute approximate surface area is 114 Å². The molecule has 0 amide bonds.